The van der Waals surface area contributed by atoms with E-state index in [1.54, 1.807) is 7.11 Å². The van der Waals surface area contributed by atoms with Crippen molar-refractivity contribution in [3.05, 3.63) is 11.6 Å². The van der Waals surface area contributed by atoms with Gasteiger partial charge in [-0.3, -0.25) is 14.4 Å². The van der Waals surface area contributed by atoms with Gasteiger partial charge in [0.15, 0.2) is 0 Å². The first-order valence-corrected chi connectivity index (χ1v) is 16.2. The Morgan fingerprint density at radius 2 is 1.57 bits per heavy atom. The van der Waals surface area contributed by atoms with Gasteiger partial charge in [-0.05, 0) is 97.2 Å². The number of methoxy groups -OCH3 is 1. The molecule has 7 heteroatoms. The van der Waals surface area contributed by atoms with Crippen LogP contribution in [0.25, 0.3) is 0 Å². The van der Waals surface area contributed by atoms with Gasteiger partial charge in [-0.25, -0.2) is 0 Å². The molecule has 0 bridgehead atoms. The molecule has 10 unspecified atom stereocenters. The molecule has 0 aliphatic heterocycles. The topological polar surface area (TPSA) is 99.1 Å². The second kappa shape index (κ2) is 10.1. The van der Waals surface area contributed by atoms with Gasteiger partial charge in [0, 0.05) is 26.4 Å². The largest absolute Gasteiger partial charge is 0.481 e. The Morgan fingerprint density at radius 3 is 2.17 bits per heavy atom. The molecule has 4 fully saturated rings. The SMILES string of the molecule is COC1CC2(C)C(CCC3(C)C2CC=C2C4CC(C)(C)CCC4(C(=O)O)CCC23C)C(C)(COC(C)=O)C1OC(C)=O. The van der Waals surface area contributed by atoms with Crippen molar-refractivity contribution in [2.24, 2.45) is 50.2 Å². The van der Waals surface area contributed by atoms with Gasteiger partial charge in [0.1, 0.15) is 12.7 Å². The molecule has 0 radical (unpaired) electrons. The van der Waals surface area contributed by atoms with Gasteiger partial charge in [-0.2, -0.15) is 0 Å². The van der Waals surface area contributed by atoms with Crippen molar-refractivity contribution in [2.45, 2.75) is 125 Å². The average molecular weight is 587 g/mol. The van der Waals surface area contributed by atoms with Crippen LogP contribution in [0.15, 0.2) is 11.6 Å². The number of carboxylic acid groups (broad SMARTS) is 1. The zero-order chi connectivity index (χ0) is 31.1. The lowest BCUT2D eigenvalue weighted by atomic mass is 9.33. The summed E-state index contributed by atoms with van der Waals surface area (Å²) in [5.74, 6) is -0.732. The second-order valence-corrected chi connectivity index (χ2v) is 16.5. The van der Waals surface area contributed by atoms with Gasteiger partial charge in [0.2, 0.25) is 0 Å². The second-order valence-electron chi connectivity index (χ2n) is 16.5. The van der Waals surface area contributed by atoms with Crippen molar-refractivity contribution in [1.29, 1.82) is 0 Å². The van der Waals surface area contributed by atoms with Crippen molar-refractivity contribution < 1.29 is 33.7 Å². The first-order chi connectivity index (χ1) is 19.4. The third-order valence-electron chi connectivity index (χ3n) is 13.9. The highest BCUT2D eigenvalue weighted by Gasteiger charge is 2.71. The molecule has 0 amide bonds. The van der Waals surface area contributed by atoms with E-state index in [0.29, 0.717) is 5.92 Å². The number of carbonyl (C=O) groups is 3. The monoisotopic (exact) mass is 586 g/mol. The van der Waals surface area contributed by atoms with Crippen LogP contribution in [-0.4, -0.2) is 48.9 Å². The Balaban J connectivity index is 1.60. The number of esters is 2. The number of aliphatic carboxylic acids is 1. The summed E-state index contributed by atoms with van der Waals surface area (Å²) in [5, 5.41) is 10.6. The molecule has 0 aromatic heterocycles. The van der Waals surface area contributed by atoms with E-state index >= 15 is 0 Å². The molecule has 5 aliphatic carbocycles. The van der Waals surface area contributed by atoms with Crippen LogP contribution in [0.4, 0.5) is 0 Å². The first-order valence-electron chi connectivity index (χ1n) is 16.2. The number of hydrogen-bond acceptors (Lipinski definition) is 6. The summed E-state index contributed by atoms with van der Waals surface area (Å²) < 4.78 is 17.8. The van der Waals surface area contributed by atoms with Crippen molar-refractivity contribution in [3.63, 3.8) is 0 Å². The van der Waals surface area contributed by atoms with E-state index in [4.69, 9.17) is 14.2 Å². The van der Waals surface area contributed by atoms with Gasteiger partial charge < -0.3 is 19.3 Å². The lowest BCUT2D eigenvalue weighted by Gasteiger charge is -2.71. The Kier molecular flexibility index (Phi) is 7.56. The molecule has 7 nitrogen and oxygen atoms in total. The molecule has 5 rings (SSSR count). The molecule has 4 saturated carbocycles. The van der Waals surface area contributed by atoms with E-state index in [9.17, 15) is 19.5 Å². The summed E-state index contributed by atoms with van der Waals surface area (Å²) in [7, 11) is 1.69. The van der Waals surface area contributed by atoms with Crippen molar-refractivity contribution in [3.8, 4) is 0 Å². The van der Waals surface area contributed by atoms with E-state index < -0.39 is 22.9 Å². The fraction of sp³-hybridized carbons (Fsp3) is 0.857. The molecule has 0 aromatic rings. The summed E-state index contributed by atoms with van der Waals surface area (Å²) in [5.41, 5.74) is 0.00349. The summed E-state index contributed by atoms with van der Waals surface area (Å²) in [6.45, 7) is 17.1. The minimum Gasteiger partial charge on any atom is -0.481 e. The maximum atomic E-state index is 12.9. The fourth-order valence-electron chi connectivity index (χ4n) is 11.6. The van der Waals surface area contributed by atoms with Crippen molar-refractivity contribution >= 4 is 17.9 Å². The van der Waals surface area contributed by atoms with Gasteiger partial charge in [-0.15, -0.1) is 0 Å². The molecule has 236 valence electrons. The van der Waals surface area contributed by atoms with E-state index in [1.807, 2.05) is 0 Å². The Bertz CT molecular complexity index is 1170. The summed E-state index contributed by atoms with van der Waals surface area (Å²) in [6, 6.07) is 0. The Hall–Kier alpha value is -1.89. The maximum Gasteiger partial charge on any atom is 0.310 e. The highest BCUT2D eigenvalue weighted by Crippen LogP contribution is 2.76. The minimum absolute atomic E-state index is 0.0243. The predicted molar refractivity (Wildman–Crippen MR) is 159 cm³/mol. The zero-order valence-electron chi connectivity index (χ0n) is 27.4. The van der Waals surface area contributed by atoms with Crippen LogP contribution in [0.5, 0.6) is 0 Å². The van der Waals surface area contributed by atoms with Gasteiger partial charge >= 0.3 is 17.9 Å². The molecule has 42 heavy (non-hydrogen) atoms. The third-order valence-corrected chi connectivity index (χ3v) is 13.9. The molecule has 5 aliphatic rings. The standard InChI is InChI=1S/C35H54O7/c1-21(36)41-20-32(6)26-12-13-34(8)27(31(26,5)19-25(40-9)28(32)42-22(2)37)11-10-23-24-18-30(3,4)14-16-35(24,29(38)39)17-15-33(23,34)7/h10,24-28H,11-20H2,1-9H3,(H,38,39). The molecule has 0 spiro atoms. The van der Waals surface area contributed by atoms with Crippen LogP contribution in [0.3, 0.4) is 0 Å². The van der Waals surface area contributed by atoms with Gasteiger partial charge in [0.25, 0.3) is 0 Å². The lowest BCUT2D eigenvalue weighted by molar-refractivity contribution is -0.255. The molecule has 0 aromatic carbocycles. The number of hydrogen-bond donors (Lipinski definition) is 1. The van der Waals surface area contributed by atoms with E-state index in [-0.39, 0.29) is 58.1 Å². The van der Waals surface area contributed by atoms with Crippen LogP contribution >= 0.6 is 0 Å². The predicted octanol–water partition coefficient (Wildman–Crippen LogP) is 6.97. The van der Waals surface area contributed by atoms with Crippen LogP contribution in [0, 0.1) is 50.2 Å². The Labute approximate surface area is 252 Å². The van der Waals surface area contributed by atoms with Gasteiger partial charge in [-0.1, -0.05) is 53.2 Å². The van der Waals surface area contributed by atoms with Crippen LogP contribution in [-0.2, 0) is 28.6 Å². The molecule has 10 atom stereocenters. The first kappa shape index (κ1) is 31.5. The van der Waals surface area contributed by atoms with Crippen molar-refractivity contribution in [1.82, 2.24) is 0 Å². The Morgan fingerprint density at radius 1 is 0.905 bits per heavy atom. The lowest BCUT2D eigenvalue weighted by Crippen LogP contribution is -2.69. The summed E-state index contributed by atoms with van der Waals surface area (Å²) >= 11 is 0. The number of fused-ring (bicyclic) bond motifs is 7. The minimum atomic E-state index is -0.656. The van der Waals surface area contributed by atoms with Crippen molar-refractivity contribution in [2.75, 3.05) is 13.7 Å². The highest BCUT2D eigenvalue weighted by molar-refractivity contribution is 5.76. The van der Waals surface area contributed by atoms with E-state index in [0.717, 1.165) is 57.8 Å². The summed E-state index contributed by atoms with van der Waals surface area (Å²) in [6.07, 6.45) is 9.50. The van der Waals surface area contributed by atoms with E-state index in [2.05, 4.69) is 47.6 Å². The third kappa shape index (κ3) is 4.33. The van der Waals surface area contributed by atoms with Crippen LogP contribution in [0.2, 0.25) is 0 Å². The molecule has 0 saturated heterocycles. The number of ether oxygens (including phenoxy) is 3. The quantitative estimate of drug-likeness (QED) is 0.274. The smallest absolute Gasteiger partial charge is 0.310 e. The zero-order valence-corrected chi connectivity index (χ0v) is 27.4. The van der Waals surface area contributed by atoms with Crippen LogP contribution in [0.1, 0.15) is 113 Å². The average Bonchev–Trinajstić information content (AvgIpc) is 2.88. The number of allylic oxidation sites excluding steroid dienone is 2. The number of rotatable bonds is 5. The van der Waals surface area contributed by atoms with E-state index in [1.165, 1.54) is 19.4 Å². The fourth-order valence-corrected chi connectivity index (χ4v) is 11.6. The molecule has 1 N–H and O–H groups in total. The normalized spacial score (nSPS) is 47.5. The highest BCUT2D eigenvalue weighted by atomic mass is 16.6. The molecular formula is C35H54O7. The molecular weight excluding hydrogens is 532 g/mol. The molecule has 0 heterocycles. The van der Waals surface area contributed by atoms with Crippen LogP contribution < -0.4 is 0 Å². The summed E-state index contributed by atoms with van der Waals surface area (Å²) in [4.78, 5) is 37.3. The number of carbonyl (C=O) groups excluding carboxylic acids is 2. The van der Waals surface area contributed by atoms with Gasteiger partial charge in [0.05, 0.1) is 11.5 Å². The number of carboxylic acids is 1. The maximum absolute atomic E-state index is 12.9.